The van der Waals surface area contributed by atoms with Crippen LogP contribution in [0.25, 0.3) is 0 Å². The molecular weight excluding hydrogens is 255 g/mol. The smallest absolute Gasteiger partial charge is 0.212 e. The van der Waals surface area contributed by atoms with Crippen LogP contribution in [0.5, 0.6) is 5.75 Å². The van der Waals surface area contributed by atoms with Gasteiger partial charge in [0.1, 0.15) is 5.75 Å². The van der Waals surface area contributed by atoms with Gasteiger partial charge in [0.2, 0.25) is 5.95 Å². The van der Waals surface area contributed by atoms with Crippen LogP contribution in [-0.4, -0.2) is 11.1 Å². The lowest BCUT2D eigenvalue weighted by molar-refractivity contribution is 0.242. The molecule has 1 aromatic heterocycles. The maximum absolute atomic E-state index is 12.7. The highest BCUT2D eigenvalue weighted by Gasteiger charge is 2.06. The van der Waals surface area contributed by atoms with E-state index in [4.69, 9.17) is 4.74 Å². The van der Waals surface area contributed by atoms with Gasteiger partial charge in [0, 0.05) is 6.04 Å². The first kappa shape index (κ1) is 14.3. The fraction of sp³-hybridized carbons (Fsp3) is 0.312. The number of nitrogens with zero attached hydrogens (tertiary/aromatic N) is 1. The summed E-state index contributed by atoms with van der Waals surface area (Å²) in [5.41, 5.74) is 1.92. The van der Waals surface area contributed by atoms with Gasteiger partial charge in [-0.25, -0.2) is 4.98 Å². The van der Waals surface area contributed by atoms with E-state index >= 15 is 0 Å². The van der Waals surface area contributed by atoms with Gasteiger partial charge in [-0.15, -0.1) is 0 Å². The Morgan fingerprint density at radius 3 is 2.30 bits per heavy atom. The van der Waals surface area contributed by atoms with Gasteiger partial charge in [0.25, 0.3) is 0 Å². The zero-order valence-electron chi connectivity index (χ0n) is 11.9. The molecule has 3 nitrogen and oxygen atoms in total. The summed E-state index contributed by atoms with van der Waals surface area (Å²) in [4.78, 5) is 3.62. The molecule has 0 radical (unpaired) electrons. The van der Waals surface area contributed by atoms with Crippen LogP contribution >= 0.6 is 0 Å². The molecule has 0 aliphatic heterocycles. The van der Waals surface area contributed by atoms with E-state index in [2.05, 4.69) is 10.3 Å². The molecular formula is C16H19FN2O. The largest absolute Gasteiger partial charge is 0.491 e. The lowest BCUT2D eigenvalue weighted by Crippen LogP contribution is -2.08. The van der Waals surface area contributed by atoms with Crippen molar-refractivity contribution < 1.29 is 9.13 Å². The van der Waals surface area contributed by atoms with E-state index in [-0.39, 0.29) is 12.1 Å². The zero-order valence-corrected chi connectivity index (χ0v) is 11.9. The fourth-order valence-corrected chi connectivity index (χ4v) is 1.90. The Balaban J connectivity index is 2.01. The average molecular weight is 274 g/mol. The van der Waals surface area contributed by atoms with E-state index in [0.29, 0.717) is 0 Å². The summed E-state index contributed by atoms with van der Waals surface area (Å²) >= 11 is 0. The van der Waals surface area contributed by atoms with E-state index in [0.717, 1.165) is 17.0 Å². The van der Waals surface area contributed by atoms with Crippen molar-refractivity contribution in [3.63, 3.8) is 0 Å². The average Bonchev–Trinajstić information content (AvgIpc) is 2.41. The minimum atomic E-state index is -0.474. The Bertz CT molecular complexity index is 537. The number of halogens is 1. The lowest BCUT2D eigenvalue weighted by atomic mass is 10.1. The van der Waals surface area contributed by atoms with E-state index < -0.39 is 5.95 Å². The van der Waals surface area contributed by atoms with Gasteiger partial charge in [-0.2, -0.15) is 4.39 Å². The Kier molecular flexibility index (Phi) is 4.56. The zero-order chi connectivity index (χ0) is 14.5. The molecule has 0 amide bonds. The predicted molar refractivity (Wildman–Crippen MR) is 78.4 cm³/mol. The molecule has 20 heavy (non-hydrogen) atoms. The van der Waals surface area contributed by atoms with Gasteiger partial charge in [-0.3, -0.25) is 0 Å². The summed E-state index contributed by atoms with van der Waals surface area (Å²) in [6.07, 6.45) is 1.66. The van der Waals surface area contributed by atoms with E-state index in [9.17, 15) is 4.39 Å². The molecule has 2 aromatic rings. The number of pyridine rings is 1. The molecule has 4 heteroatoms. The van der Waals surface area contributed by atoms with Gasteiger partial charge in [0.05, 0.1) is 18.0 Å². The summed E-state index contributed by atoms with van der Waals surface area (Å²) in [6.45, 7) is 6.04. The quantitative estimate of drug-likeness (QED) is 0.830. The second-order valence-corrected chi connectivity index (χ2v) is 4.97. The van der Waals surface area contributed by atoms with Gasteiger partial charge < -0.3 is 10.1 Å². The minimum Gasteiger partial charge on any atom is -0.491 e. The van der Waals surface area contributed by atoms with Crippen LogP contribution in [0.3, 0.4) is 0 Å². The van der Waals surface area contributed by atoms with Crippen LogP contribution in [0.1, 0.15) is 32.4 Å². The third-order valence-corrected chi connectivity index (χ3v) is 2.86. The van der Waals surface area contributed by atoms with Crippen molar-refractivity contribution in [1.29, 1.82) is 0 Å². The minimum absolute atomic E-state index is 0.107. The molecule has 1 heterocycles. The standard InChI is InChI=1S/C16H19FN2O/c1-11(2)20-15-7-4-13(5-8-15)12(3)19-14-6-9-16(17)18-10-14/h4-12,19H,1-3H3. The predicted octanol–water partition coefficient (Wildman–Crippen LogP) is 4.18. The highest BCUT2D eigenvalue weighted by Crippen LogP contribution is 2.21. The first-order chi connectivity index (χ1) is 9.54. The summed E-state index contributed by atoms with van der Waals surface area (Å²) in [5, 5.41) is 3.28. The van der Waals surface area contributed by atoms with Crippen LogP contribution in [0.4, 0.5) is 10.1 Å². The normalized spacial score (nSPS) is 12.2. The first-order valence-corrected chi connectivity index (χ1v) is 6.69. The van der Waals surface area contributed by atoms with Crippen molar-refractivity contribution >= 4 is 5.69 Å². The Hall–Kier alpha value is -2.10. The number of hydrogen-bond donors (Lipinski definition) is 1. The molecule has 0 fully saturated rings. The molecule has 0 saturated heterocycles. The maximum atomic E-state index is 12.7. The van der Waals surface area contributed by atoms with Crippen molar-refractivity contribution in [1.82, 2.24) is 4.98 Å². The number of hydrogen-bond acceptors (Lipinski definition) is 3. The second-order valence-electron chi connectivity index (χ2n) is 4.97. The monoisotopic (exact) mass is 274 g/mol. The van der Waals surface area contributed by atoms with Crippen LogP contribution in [0.15, 0.2) is 42.6 Å². The van der Waals surface area contributed by atoms with Crippen LogP contribution < -0.4 is 10.1 Å². The van der Waals surface area contributed by atoms with Crippen molar-refractivity contribution in [2.75, 3.05) is 5.32 Å². The van der Waals surface area contributed by atoms with Crippen LogP contribution in [-0.2, 0) is 0 Å². The highest BCUT2D eigenvalue weighted by molar-refractivity contribution is 5.43. The number of benzene rings is 1. The number of ether oxygens (including phenoxy) is 1. The highest BCUT2D eigenvalue weighted by atomic mass is 19.1. The molecule has 1 N–H and O–H groups in total. The first-order valence-electron chi connectivity index (χ1n) is 6.69. The number of anilines is 1. The molecule has 0 aliphatic carbocycles. The molecule has 0 saturated carbocycles. The Morgan fingerprint density at radius 1 is 1.05 bits per heavy atom. The third-order valence-electron chi connectivity index (χ3n) is 2.86. The molecule has 1 atom stereocenters. The Morgan fingerprint density at radius 2 is 1.75 bits per heavy atom. The van der Waals surface area contributed by atoms with E-state index in [1.54, 1.807) is 6.07 Å². The van der Waals surface area contributed by atoms with Crippen molar-refractivity contribution in [3.8, 4) is 5.75 Å². The summed E-state index contributed by atoms with van der Waals surface area (Å²) < 4.78 is 18.4. The van der Waals surface area contributed by atoms with Crippen LogP contribution in [0.2, 0.25) is 0 Å². The van der Waals surface area contributed by atoms with Gasteiger partial charge >= 0.3 is 0 Å². The topological polar surface area (TPSA) is 34.1 Å². The van der Waals surface area contributed by atoms with E-state index in [1.807, 2.05) is 45.0 Å². The molecule has 1 unspecified atom stereocenters. The van der Waals surface area contributed by atoms with Crippen molar-refractivity contribution in [2.24, 2.45) is 0 Å². The van der Waals surface area contributed by atoms with Crippen LogP contribution in [0, 0.1) is 5.95 Å². The molecule has 106 valence electrons. The molecule has 0 aliphatic rings. The lowest BCUT2D eigenvalue weighted by Gasteiger charge is -2.16. The van der Waals surface area contributed by atoms with Gasteiger partial charge in [-0.1, -0.05) is 12.1 Å². The fourth-order valence-electron chi connectivity index (χ4n) is 1.90. The molecule has 1 aromatic carbocycles. The maximum Gasteiger partial charge on any atom is 0.212 e. The SMILES string of the molecule is CC(C)Oc1ccc(C(C)Nc2ccc(F)nc2)cc1. The molecule has 0 spiro atoms. The number of nitrogens with one attached hydrogen (secondary N) is 1. The van der Waals surface area contributed by atoms with Gasteiger partial charge in [0.15, 0.2) is 0 Å². The summed E-state index contributed by atoms with van der Waals surface area (Å²) in [5.74, 6) is 0.387. The summed E-state index contributed by atoms with van der Waals surface area (Å²) in [7, 11) is 0. The molecule has 0 bridgehead atoms. The Labute approximate surface area is 118 Å². The molecule has 2 rings (SSSR count). The number of rotatable bonds is 5. The summed E-state index contributed by atoms with van der Waals surface area (Å²) in [6, 6.07) is 11.1. The van der Waals surface area contributed by atoms with Crippen molar-refractivity contribution in [3.05, 3.63) is 54.1 Å². The van der Waals surface area contributed by atoms with Crippen molar-refractivity contribution in [2.45, 2.75) is 32.9 Å². The number of aromatic nitrogens is 1. The third kappa shape index (κ3) is 3.95. The van der Waals surface area contributed by atoms with E-state index in [1.165, 1.54) is 12.3 Å². The van der Waals surface area contributed by atoms with Gasteiger partial charge in [-0.05, 0) is 50.6 Å². The second kappa shape index (κ2) is 6.37.